The Morgan fingerprint density at radius 2 is 0.350 bits per heavy atom. The molecular formula is C80H132Mo3O8P4S8+4. The van der Waals surface area contributed by atoms with Gasteiger partial charge in [-0.25, -0.2) is 0 Å². The predicted molar refractivity (Wildman–Crippen MR) is 445 cm³/mol. The first kappa shape index (κ1) is 110. The number of unbranched alkanes of at least 4 members (excludes halogenated alkanes) is 32. The molecule has 0 aliphatic heterocycles. The molecule has 0 bridgehead atoms. The van der Waals surface area contributed by atoms with Gasteiger partial charge < -0.3 is 88.1 Å². The molecule has 0 spiro atoms. The molecule has 0 saturated heterocycles. The SMILES string of the molecule is CCCCCCCc1cccc([S+]=P([O-])([O-])[S-])c1CCCCCCC.CCCCCCCc1cccc([S+]=P([O-])([O-])[S-])c1CCCCCCC.CCCCCCCc1cccc([S+]=P([O-])([O-])[S-])c1CCCCCCC.CCCCCCCc1cccc([S+]=P([O-])([O-])[S-])c1CCCCCCC.[Mo+4].[Mo+4].[Mo+4]. The van der Waals surface area contributed by atoms with Crippen LogP contribution in [-0.4, -0.2) is 0 Å². The number of aryl methyl sites for hydroxylation is 4. The van der Waals surface area contributed by atoms with Gasteiger partial charge in [0, 0.05) is 46.5 Å². The normalized spacial score (nSPS) is 11.4. The molecule has 4 rings (SSSR count). The van der Waals surface area contributed by atoms with Gasteiger partial charge >= 0.3 is 63.2 Å². The van der Waals surface area contributed by atoms with Crippen LogP contribution < -0.4 is 39.1 Å². The molecule has 23 heteroatoms. The third kappa shape index (κ3) is 60.8. The van der Waals surface area contributed by atoms with Gasteiger partial charge in [-0.1, -0.05) is 309 Å². The number of hydrogen-bond acceptors (Lipinski definition) is 12. The van der Waals surface area contributed by atoms with Crippen molar-refractivity contribution in [3.63, 3.8) is 0 Å². The van der Waals surface area contributed by atoms with Crippen molar-refractivity contribution in [2.45, 2.75) is 383 Å². The minimum Gasteiger partial charge on any atom is -0.815 e. The second kappa shape index (κ2) is 70.1. The minimum absolute atomic E-state index is 0. The zero-order chi connectivity index (χ0) is 74.2. The molecule has 0 heterocycles. The molecular weight excluding hydrogens is 1760 g/mol. The van der Waals surface area contributed by atoms with Gasteiger partial charge in [-0.05, 0) is 125 Å². The smallest absolute Gasteiger partial charge is 0.815 e. The van der Waals surface area contributed by atoms with Crippen LogP contribution in [0.2, 0.25) is 0 Å². The van der Waals surface area contributed by atoms with Gasteiger partial charge in [0.2, 0.25) is 19.6 Å². The van der Waals surface area contributed by atoms with Crippen LogP contribution in [0.15, 0.2) is 92.4 Å². The average Bonchev–Trinajstić information content (AvgIpc) is 0.860. The van der Waals surface area contributed by atoms with Gasteiger partial charge in [-0.15, -0.1) is 22.8 Å². The summed E-state index contributed by atoms with van der Waals surface area (Å²) in [6.45, 7) is 17.8. The first-order valence-electron chi connectivity index (χ1n) is 39.2. The molecule has 103 heavy (non-hydrogen) atoms. The number of benzene rings is 4. The van der Waals surface area contributed by atoms with Gasteiger partial charge in [0.05, 0.1) is 0 Å². The van der Waals surface area contributed by atoms with E-state index in [1.165, 1.54) is 276 Å². The van der Waals surface area contributed by atoms with E-state index in [0.29, 0.717) is 0 Å². The Morgan fingerprint density at radius 3 is 0.485 bits per heavy atom. The van der Waals surface area contributed by atoms with E-state index in [0.717, 1.165) is 140 Å². The summed E-state index contributed by atoms with van der Waals surface area (Å²) >= 11 is 18.6. The van der Waals surface area contributed by atoms with Crippen LogP contribution in [0.3, 0.4) is 0 Å². The van der Waals surface area contributed by atoms with Gasteiger partial charge in [0.25, 0.3) is 0 Å². The van der Waals surface area contributed by atoms with E-state index in [9.17, 15) is 39.1 Å². The maximum Gasteiger partial charge on any atom is 4.00 e. The predicted octanol–water partition coefficient (Wildman–Crippen LogP) is 20.4. The van der Waals surface area contributed by atoms with E-state index >= 15 is 0 Å². The molecule has 0 unspecified atom stereocenters. The molecule has 8 nitrogen and oxygen atoms in total. The Bertz CT molecular complexity index is 2540. The second-order valence-electron chi connectivity index (χ2n) is 27.0. The molecule has 0 saturated carbocycles. The Labute approximate surface area is 710 Å². The molecule has 0 aliphatic rings. The van der Waals surface area contributed by atoms with Crippen molar-refractivity contribution in [1.29, 1.82) is 0 Å². The fraction of sp³-hybridized carbons (Fsp3) is 0.700. The standard InChI is InChI=1S/4C20H33O2PS2.3Mo/c4*1-3-5-7-9-11-14-18-15-13-17-20(25-23(21,22)24)19(18)16-12-10-8-6-4-2;;;/h4*13,15,17H,3-12,14,16H2,1-2H3;;;/q4*-2;3*+4. The van der Waals surface area contributed by atoms with Crippen molar-refractivity contribution in [2.24, 2.45) is 0 Å². The maximum absolute atomic E-state index is 11.6. The summed E-state index contributed by atoms with van der Waals surface area (Å²) in [6.07, 6.45) is 57.7. The van der Waals surface area contributed by atoms with Crippen LogP contribution in [-0.2, 0) is 207 Å². The van der Waals surface area contributed by atoms with Crippen molar-refractivity contribution < 1.29 is 102 Å². The summed E-state index contributed by atoms with van der Waals surface area (Å²) in [5.74, 6) is 0. The van der Waals surface area contributed by atoms with E-state index < -0.39 is 22.8 Å². The van der Waals surface area contributed by atoms with E-state index in [-0.39, 0.29) is 63.2 Å². The quantitative estimate of drug-likeness (QED) is 0.0134. The summed E-state index contributed by atoms with van der Waals surface area (Å²) in [7, 11) is 3.49. The molecule has 0 fully saturated rings. The van der Waals surface area contributed by atoms with Gasteiger partial charge in [-0.3, -0.25) is 0 Å². The fourth-order valence-electron chi connectivity index (χ4n) is 12.6. The minimum atomic E-state index is -3.77. The molecule has 0 atom stereocenters. The Balaban J connectivity index is -0.00000128. The van der Waals surface area contributed by atoms with Crippen LogP contribution >= 0.6 is 22.8 Å². The van der Waals surface area contributed by atoms with Crippen molar-refractivity contribution in [1.82, 2.24) is 0 Å². The van der Waals surface area contributed by atoms with Crippen LogP contribution in [0.1, 0.15) is 357 Å². The van der Waals surface area contributed by atoms with Gasteiger partial charge in [-0.2, -0.15) is 0 Å². The third-order valence-electron chi connectivity index (χ3n) is 18.1. The summed E-state index contributed by atoms with van der Waals surface area (Å²) < 4.78 is 0. The summed E-state index contributed by atoms with van der Waals surface area (Å²) in [4.78, 5) is 96.4. The summed E-state index contributed by atoms with van der Waals surface area (Å²) in [5, 5.41) is 0. The van der Waals surface area contributed by atoms with Crippen molar-refractivity contribution in [3.8, 4) is 0 Å². The first-order valence-corrected chi connectivity index (χ1v) is 55.4. The van der Waals surface area contributed by atoms with E-state index in [1.807, 2.05) is 48.5 Å². The maximum atomic E-state index is 11.6. The molecule has 0 aromatic heterocycles. The summed E-state index contributed by atoms with van der Waals surface area (Å²) in [6, 6.07) is 24.3. The largest absolute Gasteiger partial charge is 4.00 e. The molecule has 0 amide bonds. The van der Waals surface area contributed by atoms with E-state index in [2.05, 4.69) is 129 Å². The molecule has 4 aromatic rings. The molecule has 582 valence electrons. The molecule has 4 aromatic carbocycles. The van der Waals surface area contributed by atoms with Gasteiger partial charge in [0.1, 0.15) is 43.8 Å². The van der Waals surface area contributed by atoms with Crippen molar-refractivity contribution in [3.05, 3.63) is 117 Å². The van der Waals surface area contributed by atoms with Crippen LogP contribution in [0, 0.1) is 0 Å². The van der Waals surface area contributed by atoms with Crippen molar-refractivity contribution >= 4 is 116 Å². The topological polar surface area (TPSA) is 184 Å². The van der Waals surface area contributed by atoms with Crippen LogP contribution in [0.4, 0.5) is 0 Å². The third-order valence-corrected chi connectivity index (χ3v) is 29.0. The number of rotatable bonds is 52. The van der Waals surface area contributed by atoms with E-state index in [4.69, 9.17) is 0 Å². The Hall–Kier alpha value is 2.62. The molecule has 0 radical (unpaired) electrons. The first-order chi connectivity index (χ1) is 47.9. The van der Waals surface area contributed by atoms with Crippen LogP contribution in [0.5, 0.6) is 0 Å². The zero-order valence-corrected chi connectivity index (χ0v) is 80.5. The van der Waals surface area contributed by atoms with Crippen molar-refractivity contribution in [2.75, 3.05) is 0 Å². The number of hydrogen-bond donors (Lipinski definition) is 0. The average molecular weight is 1890 g/mol. The zero-order valence-electron chi connectivity index (χ0n) is 64.4. The second-order valence-corrected chi connectivity index (χ2v) is 49.6. The monoisotopic (exact) mass is 1890 g/mol. The summed E-state index contributed by atoms with van der Waals surface area (Å²) in [5.41, 5.74) is -4.93. The molecule has 0 aliphatic carbocycles. The Kier molecular flexibility index (Phi) is 74.7. The Morgan fingerprint density at radius 1 is 0.214 bits per heavy atom. The van der Waals surface area contributed by atoms with E-state index in [1.54, 1.807) is 0 Å². The van der Waals surface area contributed by atoms with Crippen LogP contribution in [0.25, 0.3) is 0 Å². The fourth-order valence-corrected chi connectivity index (χ4v) is 23.4. The molecule has 0 N–H and O–H groups in total. The van der Waals surface area contributed by atoms with Gasteiger partial charge in [0.15, 0.2) is 0 Å².